The van der Waals surface area contributed by atoms with Crippen LogP contribution >= 0.6 is 0 Å². The highest BCUT2D eigenvalue weighted by atomic mass is 19.1. The Bertz CT molecular complexity index is 896. The van der Waals surface area contributed by atoms with E-state index in [1.54, 1.807) is 43.4 Å². The van der Waals surface area contributed by atoms with Gasteiger partial charge in [0.2, 0.25) is 5.91 Å². The SMILES string of the molecule is Cc1c(F)cccc1NC(=O)CN(C)Cc1cc(-c2ccncc2)no1. The van der Waals surface area contributed by atoms with Crippen LogP contribution in [0.25, 0.3) is 11.3 Å². The van der Waals surface area contributed by atoms with Crippen LogP contribution < -0.4 is 5.32 Å². The van der Waals surface area contributed by atoms with Crippen molar-refractivity contribution in [3.63, 3.8) is 0 Å². The van der Waals surface area contributed by atoms with Crippen LogP contribution in [0.5, 0.6) is 0 Å². The highest BCUT2D eigenvalue weighted by molar-refractivity contribution is 5.92. The topological polar surface area (TPSA) is 71.3 Å². The summed E-state index contributed by atoms with van der Waals surface area (Å²) in [6.07, 6.45) is 3.38. The molecule has 3 aromatic rings. The molecule has 2 heterocycles. The largest absolute Gasteiger partial charge is 0.359 e. The Kier molecular flexibility index (Phi) is 5.38. The fourth-order valence-electron chi connectivity index (χ4n) is 2.55. The average molecular weight is 354 g/mol. The number of amides is 1. The second-order valence-electron chi connectivity index (χ2n) is 6.05. The van der Waals surface area contributed by atoms with Gasteiger partial charge in [0.15, 0.2) is 5.76 Å². The van der Waals surface area contributed by atoms with Crippen molar-refractivity contribution in [3.05, 3.63) is 65.9 Å². The van der Waals surface area contributed by atoms with Crippen molar-refractivity contribution in [1.29, 1.82) is 0 Å². The molecule has 0 saturated heterocycles. The van der Waals surface area contributed by atoms with Crippen LogP contribution in [0.1, 0.15) is 11.3 Å². The maximum atomic E-state index is 13.5. The first-order valence-electron chi connectivity index (χ1n) is 8.12. The second-order valence-corrected chi connectivity index (χ2v) is 6.05. The van der Waals surface area contributed by atoms with Crippen LogP contribution in [0.2, 0.25) is 0 Å². The molecule has 0 unspecified atom stereocenters. The molecule has 134 valence electrons. The molecule has 3 rings (SSSR count). The average Bonchev–Trinajstić information content (AvgIpc) is 3.08. The number of nitrogens with zero attached hydrogens (tertiary/aromatic N) is 3. The quantitative estimate of drug-likeness (QED) is 0.736. The van der Waals surface area contributed by atoms with E-state index in [0.29, 0.717) is 23.6 Å². The zero-order valence-corrected chi connectivity index (χ0v) is 14.6. The Hall–Kier alpha value is -3.06. The molecular formula is C19H19FN4O2. The Morgan fingerprint density at radius 3 is 2.81 bits per heavy atom. The van der Waals surface area contributed by atoms with E-state index in [2.05, 4.69) is 15.5 Å². The van der Waals surface area contributed by atoms with Crippen LogP contribution in [0.4, 0.5) is 10.1 Å². The molecule has 0 radical (unpaired) electrons. The molecule has 1 aromatic carbocycles. The highest BCUT2D eigenvalue weighted by Crippen LogP contribution is 2.19. The first kappa shape index (κ1) is 17.8. The van der Waals surface area contributed by atoms with E-state index in [0.717, 1.165) is 11.3 Å². The third-order valence-corrected chi connectivity index (χ3v) is 3.92. The smallest absolute Gasteiger partial charge is 0.238 e. The maximum absolute atomic E-state index is 13.5. The summed E-state index contributed by atoms with van der Waals surface area (Å²) < 4.78 is 18.9. The van der Waals surface area contributed by atoms with Crippen molar-refractivity contribution in [2.45, 2.75) is 13.5 Å². The highest BCUT2D eigenvalue weighted by Gasteiger charge is 2.13. The molecule has 6 nitrogen and oxygen atoms in total. The summed E-state index contributed by atoms with van der Waals surface area (Å²) >= 11 is 0. The van der Waals surface area contributed by atoms with Gasteiger partial charge < -0.3 is 9.84 Å². The molecule has 0 bridgehead atoms. The fourth-order valence-corrected chi connectivity index (χ4v) is 2.55. The van der Waals surface area contributed by atoms with Crippen molar-refractivity contribution in [1.82, 2.24) is 15.0 Å². The third-order valence-electron chi connectivity index (χ3n) is 3.92. The van der Waals surface area contributed by atoms with Gasteiger partial charge in [-0.15, -0.1) is 0 Å². The van der Waals surface area contributed by atoms with E-state index in [9.17, 15) is 9.18 Å². The Balaban J connectivity index is 1.57. The molecule has 0 aliphatic rings. The fraction of sp³-hybridized carbons (Fsp3) is 0.211. The van der Waals surface area contributed by atoms with Crippen LogP contribution in [-0.4, -0.2) is 34.5 Å². The number of aromatic nitrogens is 2. The maximum Gasteiger partial charge on any atom is 0.238 e. The molecule has 2 aromatic heterocycles. The van der Waals surface area contributed by atoms with E-state index in [-0.39, 0.29) is 18.3 Å². The summed E-state index contributed by atoms with van der Waals surface area (Å²) in [5.74, 6) is 0.0746. The summed E-state index contributed by atoms with van der Waals surface area (Å²) in [4.78, 5) is 17.9. The lowest BCUT2D eigenvalue weighted by Crippen LogP contribution is -2.30. The number of carbonyl (C=O) groups is 1. The van der Waals surface area contributed by atoms with Gasteiger partial charge in [-0.25, -0.2) is 4.39 Å². The number of pyridine rings is 1. The standard InChI is InChI=1S/C19H19FN4O2/c1-13-16(20)4-3-5-17(13)22-19(25)12-24(2)11-15-10-18(23-26-15)14-6-8-21-9-7-14/h3-10H,11-12H2,1-2H3,(H,22,25). The molecule has 0 atom stereocenters. The van der Waals surface area contributed by atoms with Gasteiger partial charge in [0.25, 0.3) is 0 Å². The number of likely N-dealkylation sites (N-methyl/N-ethyl adjacent to an activating group) is 1. The van der Waals surface area contributed by atoms with Gasteiger partial charge >= 0.3 is 0 Å². The first-order valence-corrected chi connectivity index (χ1v) is 8.12. The molecule has 0 saturated carbocycles. The van der Waals surface area contributed by atoms with Gasteiger partial charge in [0, 0.05) is 35.3 Å². The number of rotatable bonds is 6. The van der Waals surface area contributed by atoms with Gasteiger partial charge in [0.1, 0.15) is 11.5 Å². The van der Waals surface area contributed by atoms with Crippen molar-refractivity contribution in [2.24, 2.45) is 0 Å². The predicted octanol–water partition coefficient (Wildman–Crippen LogP) is 3.25. The summed E-state index contributed by atoms with van der Waals surface area (Å²) in [7, 11) is 1.80. The van der Waals surface area contributed by atoms with E-state index >= 15 is 0 Å². The van der Waals surface area contributed by atoms with E-state index < -0.39 is 0 Å². The molecule has 0 aliphatic heterocycles. The van der Waals surface area contributed by atoms with Crippen LogP contribution in [-0.2, 0) is 11.3 Å². The summed E-state index contributed by atoms with van der Waals surface area (Å²) in [6.45, 7) is 2.19. The van der Waals surface area contributed by atoms with Crippen molar-refractivity contribution >= 4 is 11.6 Å². The molecular weight excluding hydrogens is 335 g/mol. The Labute approximate surface area is 150 Å². The summed E-state index contributed by atoms with van der Waals surface area (Å²) in [5.41, 5.74) is 2.52. The van der Waals surface area contributed by atoms with Crippen molar-refractivity contribution in [2.75, 3.05) is 18.9 Å². The number of halogens is 1. The molecule has 0 aliphatic carbocycles. The zero-order valence-electron chi connectivity index (χ0n) is 14.6. The second kappa shape index (κ2) is 7.88. The number of carbonyl (C=O) groups excluding carboxylic acids is 1. The van der Waals surface area contributed by atoms with Crippen LogP contribution in [0, 0.1) is 12.7 Å². The van der Waals surface area contributed by atoms with Gasteiger partial charge in [-0.2, -0.15) is 0 Å². The molecule has 0 fully saturated rings. The zero-order chi connectivity index (χ0) is 18.5. The molecule has 0 spiro atoms. The van der Waals surface area contributed by atoms with E-state index in [1.165, 1.54) is 6.07 Å². The van der Waals surface area contributed by atoms with Crippen molar-refractivity contribution in [3.8, 4) is 11.3 Å². The van der Waals surface area contributed by atoms with E-state index in [1.807, 2.05) is 18.2 Å². The third kappa shape index (κ3) is 4.31. The summed E-state index contributed by atoms with van der Waals surface area (Å²) in [6, 6.07) is 10.1. The normalized spacial score (nSPS) is 10.9. The molecule has 1 amide bonds. The van der Waals surface area contributed by atoms with Gasteiger partial charge in [-0.1, -0.05) is 11.2 Å². The minimum absolute atomic E-state index is 0.140. The number of benzene rings is 1. The van der Waals surface area contributed by atoms with Crippen LogP contribution in [0.3, 0.4) is 0 Å². The van der Waals surface area contributed by atoms with Crippen molar-refractivity contribution < 1.29 is 13.7 Å². The summed E-state index contributed by atoms with van der Waals surface area (Å²) in [5, 5.41) is 6.76. The number of hydrogen-bond donors (Lipinski definition) is 1. The number of nitrogens with one attached hydrogen (secondary N) is 1. The minimum atomic E-state index is -0.346. The Morgan fingerprint density at radius 1 is 1.27 bits per heavy atom. The first-order chi connectivity index (χ1) is 12.5. The number of hydrogen-bond acceptors (Lipinski definition) is 5. The van der Waals surface area contributed by atoms with Gasteiger partial charge in [-0.3, -0.25) is 14.7 Å². The van der Waals surface area contributed by atoms with E-state index in [4.69, 9.17) is 4.52 Å². The molecule has 1 N–H and O–H groups in total. The minimum Gasteiger partial charge on any atom is -0.359 e. The molecule has 7 heteroatoms. The molecule has 26 heavy (non-hydrogen) atoms. The monoisotopic (exact) mass is 354 g/mol. The lowest BCUT2D eigenvalue weighted by Gasteiger charge is -2.15. The van der Waals surface area contributed by atoms with Gasteiger partial charge in [0.05, 0.1) is 13.1 Å². The van der Waals surface area contributed by atoms with Crippen LogP contribution in [0.15, 0.2) is 53.3 Å². The Morgan fingerprint density at radius 2 is 2.04 bits per heavy atom. The predicted molar refractivity (Wildman–Crippen MR) is 95.8 cm³/mol. The number of anilines is 1. The lowest BCUT2D eigenvalue weighted by atomic mass is 10.2. The van der Waals surface area contributed by atoms with Gasteiger partial charge in [-0.05, 0) is 38.2 Å². The lowest BCUT2D eigenvalue weighted by molar-refractivity contribution is -0.117.